The summed E-state index contributed by atoms with van der Waals surface area (Å²) in [6, 6.07) is 9.82. The number of imidazole rings is 1. The van der Waals surface area contributed by atoms with Crippen LogP contribution in [0.3, 0.4) is 0 Å². The van der Waals surface area contributed by atoms with Crippen LogP contribution < -0.4 is 10.5 Å². The van der Waals surface area contributed by atoms with E-state index in [2.05, 4.69) is 31.9 Å². The molecule has 1 saturated heterocycles. The second-order valence-corrected chi connectivity index (χ2v) is 9.84. The fourth-order valence-corrected chi connectivity index (χ4v) is 4.83. The molecule has 2 N–H and O–H groups in total. The van der Waals surface area contributed by atoms with Crippen LogP contribution in [0.25, 0.3) is 11.5 Å². The molecule has 2 aromatic heterocycles. The van der Waals surface area contributed by atoms with Crippen LogP contribution in [-0.2, 0) is 11.4 Å². The summed E-state index contributed by atoms with van der Waals surface area (Å²) in [5.74, 6) is 2.96. The highest BCUT2D eigenvalue weighted by atomic mass is 32.2. The maximum Gasteiger partial charge on any atom is 0.186 e. The fourth-order valence-electron chi connectivity index (χ4n) is 4.46. The number of piperidine rings is 1. The highest BCUT2D eigenvalue weighted by molar-refractivity contribution is 7.89. The number of likely N-dealkylation sites (tertiary alicyclic amines) is 1. The highest BCUT2D eigenvalue weighted by Crippen LogP contribution is 2.28. The van der Waals surface area contributed by atoms with Gasteiger partial charge in [-0.05, 0) is 54.8 Å². The van der Waals surface area contributed by atoms with Gasteiger partial charge in [0.15, 0.2) is 5.84 Å². The normalized spacial score (nSPS) is 17.3. The molecule has 0 bridgehead atoms. The van der Waals surface area contributed by atoms with Crippen LogP contribution in [0, 0.1) is 19.8 Å². The predicted molar refractivity (Wildman–Crippen MR) is 141 cm³/mol. The molecule has 2 unspecified atom stereocenters. The highest BCUT2D eigenvalue weighted by Gasteiger charge is 2.23. The van der Waals surface area contributed by atoms with Crippen LogP contribution in [0.2, 0.25) is 0 Å². The van der Waals surface area contributed by atoms with Crippen LogP contribution in [0.15, 0.2) is 59.9 Å². The second kappa shape index (κ2) is 11.0. The smallest absolute Gasteiger partial charge is 0.186 e. The molecular weight excluding hydrogens is 460 g/mol. The molecule has 184 valence electrons. The molecule has 0 aliphatic carbocycles. The van der Waals surface area contributed by atoms with Crippen molar-refractivity contribution in [3.05, 3.63) is 78.0 Å². The van der Waals surface area contributed by atoms with E-state index in [4.69, 9.17) is 10.5 Å². The molecule has 9 heteroatoms. The van der Waals surface area contributed by atoms with E-state index in [1.54, 1.807) is 6.20 Å². The molecule has 3 heterocycles. The van der Waals surface area contributed by atoms with Gasteiger partial charge >= 0.3 is 0 Å². The van der Waals surface area contributed by atoms with Crippen LogP contribution in [0.1, 0.15) is 35.4 Å². The van der Waals surface area contributed by atoms with Crippen LogP contribution in [-0.4, -0.2) is 55.8 Å². The molecule has 0 saturated carbocycles. The quantitative estimate of drug-likeness (QED) is 0.292. The van der Waals surface area contributed by atoms with Crippen molar-refractivity contribution < 1.29 is 9.29 Å². The van der Waals surface area contributed by atoms with E-state index in [1.165, 1.54) is 6.26 Å². The molecular formula is C26H32N6O2S. The minimum Gasteiger partial charge on any atom is -0.591 e. The van der Waals surface area contributed by atoms with E-state index < -0.39 is 11.4 Å². The molecule has 0 spiro atoms. The molecule has 1 fully saturated rings. The largest absolute Gasteiger partial charge is 0.591 e. The van der Waals surface area contributed by atoms with E-state index in [0.29, 0.717) is 23.8 Å². The van der Waals surface area contributed by atoms with Gasteiger partial charge in [-0.2, -0.15) is 0 Å². The Morgan fingerprint density at radius 2 is 2.11 bits per heavy atom. The van der Waals surface area contributed by atoms with Crippen LogP contribution in [0.5, 0.6) is 5.75 Å². The number of hydrogen-bond acceptors (Lipinski definition) is 6. The summed E-state index contributed by atoms with van der Waals surface area (Å²) in [6.07, 6.45) is 9.13. The summed E-state index contributed by atoms with van der Waals surface area (Å²) in [5.41, 5.74) is 9.81. The zero-order chi connectivity index (χ0) is 24.9. The van der Waals surface area contributed by atoms with Gasteiger partial charge in [-0.15, -0.1) is 0 Å². The van der Waals surface area contributed by atoms with Crippen molar-refractivity contribution in [1.82, 2.24) is 19.4 Å². The van der Waals surface area contributed by atoms with Crippen molar-refractivity contribution in [2.24, 2.45) is 16.0 Å². The number of hydrogen-bond donors (Lipinski definition) is 1. The summed E-state index contributed by atoms with van der Waals surface area (Å²) in [5, 5.41) is 0. The molecule has 2 atom stereocenters. The molecule has 35 heavy (non-hydrogen) atoms. The molecule has 1 aliphatic heterocycles. The summed E-state index contributed by atoms with van der Waals surface area (Å²) in [4.78, 5) is 11.1. The van der Waals surface area contributed by atoms with Gasteiger partial charge in [0.05, 0.1) is 23.5 Å². The monoisotopic (exact) mass is 492 g/mol. The van der Waals surface area contributed by atoms with E-state index in [-0.39, 0.29) is 5.84 Å². The Kier molecular flexibility index (Phi) is 7.77. The summed E-state index contributed by atoms with van der Waals surface area (Å²) in [7, 11) is 0. The average molecular weight is 493 g/mol. The number of benzene rings is 1. The maximum absolute atomic E-state index is 11.6. The van der Waals surface area contributed by atoms with Crippen LogP contribution >= 0.6 is 0 Å². The molecule has 4 rings (SSSR count). The lowest BCUT2D eigenvalue weighted by atomic mass is 9.97. The number of nitrogens with zero attached hydrogens (tertiary/aromatic N) is 5. The molecule has 3 aromatic rings. The summed E-state index contributed by atoms with van der Waals surface area (Å²) >= 11 is -1.38. The van der Waals surface area contributed by atoms with Gasteiger partial charge in [-0.3, -0.25) is 4.57 Å². The number of ether oxygens (including phenoxy) is 1. The molecule has 1 aromatic carbocycles. The lowest BCUT2D eigenvalue weighted by Gasteiger charge is -2.35. The van der Waals surface area contributed by atoms with Crippen LogP contribution in [0.4, 0.5) is 0 Å². The van der Waals surface area contributed by atoms with Crippen molar-refractivity contribution in [2.75, 3.05) is 26.0 Å². The Morgan fingerprint density at radius 3 is 2.86 bits per heavy atom. The van der Waals surface area contributed by atoms with E-state index in [1.807, 2.05) is 55.1 Å². The van der Waals surface area contributed by atoms with Gasteiger partial charge in [0.2, 0.25) is 0 Å². The van der Waals surface area contributed by atoms with Gasteiger partial charge < -0.3 is 19.9 Å². The van der Waals surface area contributed by atoms with Crippen molar-refractivity contribution in [2.45, 2.75) is 26.7 Å². The first-order chi connectivity index (χ1) is 16.8. The van der Waals surface area contributed by atoms with Gasteiger partial charge in [0.1, 0.15) is 23.6 Å². The lowest BCUT2D eigenvalue weighted by molar-refractivity contribution is 0.169. The first-order valence-electron chi connectivity index (χ1n) is 11.6. The Balaban J connectivity index is 1.44. The second-order valence-electron chi connectivity index (χ2n) is 8.81. The number of nitrogens with two attached hydrogens (primary N) is 1. The maximum atomic E-state index is 11.6. The topological polar surface area (TPSA) is 105 Å². The Bertz CT molecular complexity index is 1220. The lowest BCUT2D eigenvalue weighted by Crippen LogP contribution is -2.36. The number of aromatic nitrogens is 3. The molecule has 0 radical (unpaired) electrons. The first kappa shape index (κ1) is 24.8. The van der Waals surface area contributed by atoms with Crippen molar-refractivity contribution in [3.63, 3.8) is 0 Å². The van der Waals surface area contributed by atoms with Crippen molar-refractivity contribution >= 4 is 22.9 Å². The SMILES string of the molecule is C=C(c1ccnc(-n2ccnc2C)c1)N1CCCC(COc2cccc(C)c2/C(N)=N\[S+](C)[O-])C1. The number of amidine groups is 1. The van der Waals surface area contributed by atoms with Crippen molar-refractivity contribution in [3.8, 4) is 11.6 Å². The third-order valence-electron chi connectivity index (χ3n) is 6.24. The zero-order valence-corrected chi connectivity index (χ0v) is 21.3. The fraction of sp³-hybridized carbons (Fsp3) is 0.346. The van der Waals surface area contributed by atoms with Crippen molar-refractivity contribution in [1.29, 1.82) is 0 Å². The molecule has 8 nitrogen and oxygen atoms in total. The summed E-state index contributed by atoms with van der Waals surface area (Å²) in [6.45, 7) is 10.7. The number of aryl methyl sites for hydroxylation is 2. The molecule has 0 amide bonds. The average Bonchev–Trinajstić information content (AvgIpc) is 3.28. The van der Waals surface area contributed by atoms with E-state index in [9.17, 15) is 4.55 Å². The van der Waals surface area contributed by atoms with E-state index >= 15 is 0 Å². The number of rotatable bonds is 8. The van der Waals surface area contributed by atoms with Gasteiger partial charge in [0.25, 0.3) is 0 Å². The van der Waals surface area contributed by atoms with Gasteiger partial charge in [-0.25, -0.2) is 9.97 Å². The van der Waals surface area contributed by atoms with Gasteiger partial charge in [-0.1, -0.05) is 18.7 Å². The molecule has 1 aliphatic rings. The third-order valence-corrected chi connectivity index (χ3v) is 6.70. The van der Waals surface area contributed by atoms with E-state index in [0.717, 1.165) is 54.4 Å². The Labute approximate surface area is 209 Å². The standard InChI is InChI=1S/C26H32N6O2S/c1-18-7-5-9-23(25(18)26(27)30-35(4)33)34-17-21-8-6-13-31(16-21)19(2)22-10-11-29-24(15-22)32-14-12-28-20(32)3/h5,7,9-12,14-15,21H,2,6,8,13,16-17H2,1,3-4H3,(H2,27,30). The Hall–Kier alpha value is -3.30. The Morgan fingerprint density at radius 1 is 1.29 bits per heavy atom. The first-order valence-corrected chi connectivity index (χ1v) is 13.2. The van der Waals surface area contributed by atoms with Gasteiger partial charge in [0, 0.05) is 48.9 Å². The third kappa shape index (κ3) is 5.86. The minimum atomic E-state index is -1.38. The minimum absolute atomic E-state index is 0.235. The predicted octanol–water partition coefficient (Wildman–Crippen LogP) is 3.64. The number of pyridine rings is 1. The summed E-state index contributed by atoms with van der Waals surface area (Å²) < 4.78 is 23.8. The zero-order valence-electron chi connectivity index (χ0n) is 20.5.